The van der Waals surface area contributed by atoms with Crippen LogP contribution in [0.5, 0.6) is 0 Å². The number of carbonyl (C=O) groups excluding carboxylic acids is 2. The van der Waals surface area contributed by atoms with Crippen molar-refractivity contribution < 1.29 is 14.3 Å². The number of nitrogens with one attached hydrogen (secondary N) is 2. The molecule has 0 aliphatic rings. The Morgan fingerprint density at radius 1 is 0.789 bits per heavy atom. The van der Waals surface area contributed by atoms with Crippen molar-refractivity contribution >= 4 is 11.8 Å². The zero-order valence-corrected chi connectivity index (χ0v) is 13.1. The zero-order valence-electron chi connectivity index (χ0n) is 13.1. The van der Waals surface area contributed by atoms with Crippen molar-refractivity contribution in [1.82, 2.24) is 10.6 Å². The van der Waals surface area contributed by atoms with Crippen LogP contribution in [-0.2, 0) is 14.3 Å². The molecule has 0 aromatic carbocycles. The van der Waals surface area contributed by atoms with Crippen LogP contribution in [0.25, 0.3) is 0 Å². The molecule has 0 atom stereocenters. The summed E-state index contributed by atoms with van der Waals surface area (Å²) in [6.45, 7) is 13.1. The minimum atomic E-state index is -0.374. The minimum absolute atomic E-state index is 0.0112. The number of ether oxygens (including phenoxy) is 1. The van der Waals surface area contributed by atoms with E-state index < -0.39 is 0 Å². The third-order valence-electron chi connectivity index (χ3n) is 2.43. The first-order valence-electron chi connectivity index (χ1n) is 6.69. The normalized spacial score (nSPS) is 12.1. The molecule has 0 bridgehead atoms. The van der Waals surface area contributed by atoms with E-state index in [0.29, 0.717) is 26.3 Å². The van der Waals surface area contributed by atoms with Gasteiger partial charge in [-0.2, -0.15) is 0 Å². The van der Waals surface area contributed by atoms with Crippen molar-refractivity contribution in [2.24, 2.45) is 10.8 Å². The van der Waals surface area contributed by atoms with E-state index in [9.17, 15) is 9.59 Å². The molecule has 5 heteroatoms. The Morgan fingerprint density at radius 2 is 1.11 bits per heavy atom. The van der Waals surface area contributed by atoms with Crippen LogP contribution in [0.3, 0.4) is 0 Å². The highest BCUT2D eigenvalue weighted by Gasteiger charge is 2.21. The van der Waals surface area contributed by atoms with Gasteiger partial charge in [0.2, 0.25) is 11.8 Å². The SMILES string of the molecule is CC(C)(C)C(=O)NCCOCCNC(=O)C(C)(C)C. The Labute approximate surface area is 116 Å². The molecule has 5 nitrogen and oxygen atoms in total. The summed E-state index contributed by atoms with van der Waals surface area (Å²) in [4.78, 5) is 23.1. The summed E-state index contributed by atoms with van der Waals surface area (Å²) in [6, 6.07) is 0. The molecule has 0 aliphatic heterocycles. The number of rotatable bonds is 6. The lowest BCUT2D eigenvalue weighted by Crippen LogP contribution is -2.38. The molecule has 19 heavy (non-hydrogen) atoms. The van der Waals surface area contributed by atoms with E-state index in [1.54, 1.807) is 0 Å². The fourth-order valence-corrected chi connectivity index (χ4v) is 1.11. The van der Waals surface area contributed by atoms with Crippen molar-refractivity contribution in [2.75, 3.05) is 26.3 Å². The zero-order chi connectivity index (χ0) is 15.1. The Kier molecular flexibility index (Phi) is 7.05. The summed E-state index contributed by atoms with van der Waals surface area (Å²) in [5.41, 5.74) is -0.749. The van der Waals surface area contributed by atoms with Gasteiger partial charge in [0.15, 0.2) is 0 Å². The van der Waals surface area contributed by atoms with Crippen LogP contribution < -0.4 is 10.6 Å². The molecule has 0 aliphatic carbocycles. The van der Waals surface area contributed by atoms with Crippen LogP contribution in [-0.4, -0.2) is 38.1 Å². The van der Waals surface area contributed by atoms with Crippen molar-refractivity contribution in [3.05, 3.63) is 0 Å². The van der Waals surface area contributed by atoms with E-state index in [1.165, 1.54) is 0 Å². The molecular formula is C14H28N2O3. The molecule has 0 saturated heterocycles. The summed E-state index contributed by atoms with van der Waals surface area (Å²) in [5.74, 6) is 0.0225. The van der Waals surface area contributed by atoms with Gasteiger partial charge in [-0.05, 0) is 0 Å². The fraction of sp³-hybridized carbons (Fsp3) is 0.857. The molecule has 0 aromatic rings. The molecule has 2 N–H and O–H groups in total. The third-order valence-corrected chi connectivity index (χ3v) is 2.43. The molecule has 0 aromatic heterocycles. The van der Waals surface area contributed by atoms with Crippen LogP contribution in [0.2, 0.25) is 0 Å². The topological polar surface area (TPSA) is 67.4 Å². The maximum Gasteiger partial charge on any atom is 0.225 e. The second-order valence-electron chi connectivity index (χ2n) is 6.62. The molecule has 2 amide bonds. The van der Waals surface area contributed by atoms with Crippen LogP contribution in [0.4, 0.5) is 0 Å². The van der Waals surface area contributed by atoms with Crippen LogP contribution in [0.1, 0.15) is 41.5 Å². The fourth-order valence-electron chi connectivity index (χ4n) is 1.11. The first kappa shape index (κ1) is 17.9. The largest absolute Gasteiger partial charge is 0.378 e. The Bertz CT molecular complexity index is 271. The summed E-state index contributed by atoms with van der Waals surface area (Å²) < 4.78 is 5.33. The number of hydrogen-bond acceptors (Lipinski definition) is 3. The highest BCUT2D eigenvalue weighted by Crippen LogP contribution is 2.12. The van der Waals surface area contributed by atoms with Gasteiger partial charge >= 0.3 is 0 Å². The van der Waals surface area contributed by atoms with Crippen molar-refractivity contribution in [2.45, 2.75) is 41.5 Å². The van der Waals surface area contributed by atoms with Gasteiger partial charge in [-0.3, -0.25) is 9.59 Å². The minimum Gasteiger partial charge on any atom is -0.378 e. The molecule has 0 fully saturated rings. The molecule has 0 saturated carbocycles. The van der Waals surface area contributed by atoms with Gasteiger partial charge in [-0.1, -0.05) is 41.5 Å². The maximum atomic E-state index is 11.5. The average molecular weight is 272 g/mol. The molecule has 0 rings (SSSR count). The van der Waals surface area contributed by atoms with Crippen molar-refractivity contribution in [3.8, 4) is 0 Å². The Balaban J connectivity index is 3.53. The van der Waals surface area contributed by atoms with Crippen molar-refractivity contribution in [3.63, 3.8) is 0 Å². The quantitative estimate of drug-likeness (QED) is 0.717. The summed E-state index contributed by atoms with van der Waals surface area (Å²) in [5, 5.41) is 5.59. The Morgan fingerprint density at radius 3 is 1.37 bits per heavy atom. The molecule has 0 heterocycles. The number of carbonyl (C=O) groups is 2. The monoisotopic (exact) mass is 272 g/mol. The molecule has 0 radical (unpaired) electrons. The second kappa shape index (κ2) is 7.48. The predicted molar refractivity (Wildman–Crippen MR) is 75.7 cm³/mol. The molecular weight excluding hydrogens is 244 g/mol. The summed E-state index contributed by atoms with van der Waals surface area (Å²) >= 11 is 0. The molecule has 0 unspecified atom stereocenters. The maximum absolute atomic E-state index is 11.5. The Hall–Kier alpha value is -1.10. The highest BCUT2D eigenvalue weighted by molar-refractivity contribution is 5.81. The molecule has 112 valence electrons. The number of amides is 2. The van der Waals surface area contributed by atoms with E-state index in [1.807, 2.05) is 41.5 Å². The van der Waals surface area contributed by atoms with Gasteiger partial charge < -0.3 is 15.4 Å². The van der Waals surface area contributed by atoms with E-state index in [0.717, 1.165) is 0 Å². The van der Waals surface area contributed by atoms with Crippen LogP contribution in [0, 0.1) is 10.8 Å². The van der Waals surface area contributed by atoms with E-state index in [4.69, 9.17) is 4.74 Å². The summed E-state index contributed by atoms with van der Waals surface area (Å²) in [6.07, 6.45) is 0. The van der Waals surface area contributed by atoms with E-state index in [2.05, 4.69) is 10.6 Å². The smallest absolute Gasteiger partial charge is 0.225 e. The first-order chi connectivity index (χ1) is 8.55. The number of hydrogen-bond donors (Lipinski definition) is 2. The lowest BCUT2D eigenvalue weighted by molar-refractivity contribution is -0.129. The van der Waals surface area contributed by atoms with Crippen molar-refractivity contribution in [1.29, 1.82) is 0 Å². The molecule has 0 spiro atoms. The first-order valence-corrected chi connectivity index (χ1v) is 6.69. The van der Waals surface area contributed by atoms with Crippen LogP contribution >= 0.6 is 0 Å². The van der Waals surface area contributed by atoms with E-state index in [-0.39, 0.29) is 22.6 Å². The van der Waals surface area contributed by atoms with Gasteiger partial charge in [0.25, 0.3) is 0 Å². The average Bonchev–Trinajstić information content (AvgIpc) is 2.24. The van der Waals surface area contributed by atoms with Gasteiger partial charge in [0.1, 0.15) is 0 Å². The highest BCUT2D eigenvalue weighted by atomic mass is 16.5. The standard InChI is InChI=1S/C14H28N2O3/c1-13(2,3)11(17)15-7-9-19-10-8-16-12(18)14(4,5)6/h7-10H2,1-6H3,(H,15,17)(H,16,18). The van der Waals surface area contributed by atoms with Crippen LogP contribution in [0.15, 0.2) is 0 Å². The van der Waals surface area contributed by atoms with Gasteiger partial charge in [-0.15, -0.1) is 0 Å². The third kappa shape index (κ3) is 8.59. The predicted octanol–water partition coefficient (Wildman–Crippen LogP) is 1.33. The summed E-state index contributed by atoms with van der Waals surface area (Å²) in [7, 11) is 0. The van der Waals surface area contributed by atoms with Gasteiger partial charge in [0, 0.05) is 23.9 Å². The lowest BCUT2D eigenvalue weighted by Gasteiger charge is -2.18. The van der Waals surface area contributed by atoms with E-state index >= 15 is 0 Å². The van der Waals surface area contributed by atoms with Gasteiger partial charge in [0.05, 0.1) is 13.2 Å². The van der Waals surface area contributed by atoms with Gasteiger partial charge in [-0.25, -0.2) is 0 Å². The lowest BCUT2D eigenvalue weighted by atomic mass is 9.96. The second-order valence-corrected chi connectivity index (χ2v) is 6.62.